The molecule has 0 unspecified atom stereocenters. The van der Waals surface area contributed by atoms with Crippen LogP contribution in [-0.2, 0) is 0 Å². The zero-order valence-corrected chi connectivity index (χ0v) is 9.28. The van der Waals surface area contributed by atoms with Crippen LogP contribution in [0.4, 0.5) is 0 Å². The third-order valence-corrected chi connectivity index (χ3v) is 3.37. The minimum atomic E-state index is -0.916. The molecule has 1 saturated heterocycles. The first-order chi connectivity index (χ1) is 7.69. The SMILES string of the molecule is N#CC1CN(Sc2cccc(C(=O)O)c2)C1. The molecule has 0 amide bonds. The molecule has 5 heteroatoms. The highest BCUT2D eigenvalue weighted by atomic mass is 32.2. The quantitative estimate of drug-likeness (QED) is 0.808. The fourth-order valence-electron chi connectivity index (χ4n) is 1.43. The first kappa shape index (κ1) is 11.0. The van der Waals surface area contributed by atoms with Crippen LogP contribution < -0.4 is 0 Å². The molecule has 0 spiro atoms. The van der Waals surface area contributed by atoms with E-state index < -0.39 is 5.97 Å². The molecule has 4 nitrogen and oxygen atoms in total. The molecule has 16 heavy (non-hydrogen) atoms. The standard InChI is InChI=1S/C11H10N2O2S/c12-5-8-6-13(7-8)16-10-3-1-2-9(4-10)11(14)15/h1-4,8H,6-7H2,(H,14,15). The Labute approximate surface area is 97.6 Å². The van der Waals surface area contributed by atoms with Gasteiger partial charge in [-0.1, -0.05) is 6.07 Å². The van der Waals surface area contributed by atoms with E-state index in [-0.39, 0.29) is 5.92 Å². The fourth-order valence-corrected chi connectivity index (χ4v) is 2.56. The Morgan fingerprint density at radius 3 is 2.94 bits per heavy atom. The zero-order chi connectivity index (χ0) is 11.5. The topological polar surface area (TPSA) is 64.3 Å². The molecular formula is C11H10N2O2S. The number of carboxylic acids is 1. The summed E-state index contributed by atoms with van der Waals surface area (Å²) < 4.78 is 2.05. The lowest BCUT2D eigenvalue weighted by Crippen LogP contribution is -2.40. The van der Waals surface area contributed by atoms with Crippen molar-refractivity contribution in [2.45, 2.75) is 4.90 Å². The number of nitrogens with zero attached hydrogens (tertiary/aromatic N) is 2. The Balaban J connectivity index is 1.98. The van der Waals surface area contributed by atoms with Crippen LogP contribution in [0.15, 0.2) is 29.2 Å². The second kappa shape index (κ2) is 4.56. The van der Waals surface area contributed by atoms with Crippen LogP contribution in [0.5, 0.6) is 0 Å². The highest BCUT2D eigenvalue weighted by Crippen LogP contribution is 2.30. The third kappa shape index (κ3) is 2.35. The Kier molecular flexibility index (Phi) is 3.13. The molecule has 0 atom stereocenters. The molecule has 0 aromatic heterocycles. The van der Waals surface area contributed by atoms with Crippen molar-refractivity contribution in [3.63, 3.8) is 0 Å². The molecule has 2 rings (SSSR count). The van der Waals surface area contributed by atoms with Crippen molar-refractivity contribution in [2.24, 2.45) is 5.92 Å². The van der Waals surface area contributed by atoms with Gasteiger partial charge in [0.25, 0.3) is 0 Å². The van der Waals surface area contributed by atoms with E-state index in [1.165, 1.54) is 11.9 Å². The predicted molar refractivity (Wildman–Crippen MR) is 59.9 cm³/mol. The van der Waals surface area contributed by atoms with E-state index in [1.807, 2.05) is 6.07 Å². The number of nitriles is 1. The molecular weight excluding hydrogens is 224 g/mol. The molecule has 1 heterocycles. The van der Waals surface area contributed by atoms with Gasteiger partial charge in [0.1, 0.15) is 0 Å². The summed E-state index contributed by atoms with van der Waals surface area (Å²) in [4.78, 5) is 11.7. The Morgan fingerprint density at radius 1 is 1.56 bits per heavy atom. The number of hydrogen-bond acceptors (Lipinski definition) is 4. The van der Waals surface area contributed by atoms with Crippen molar-refractivity contribution in [3.8, 4) is 6.07 Å². The van der Waals surface area contributed by atoms with E-state index in [1.54, 1.807) is 18.2 Å². The summed E-state index contributed by atoms with van der Waals surface area (Å²) in [7, 11) is 0. The minimum absolute atomic E-state index is 0.121. The van der Waals surface area contributed by atoms with Gasteiger partial charge in [-0.05, 0) is 30.1 Å². The van der Waals surface area contributed by atoms with Crippen molar-refractivity contribution in [3.05, 3.63) is 29.8 Å². The lowest BCUT2D eigenvalue weighted by molar-refractivity contribution is 0.0696. The van der Waals surface area contributed by atoms with Crippen molar-refractivity contribution in [1.29, 1.82) is 5.26 Å². The normalized spacial score (nSPS) is 16.4. The summed E-state index contributed by atoms with van der Waals surface area (Å²) in [6, 6.07) is 9.01. The minimum Gasteiger partial charge on any atom is -0.478 e. The number of carboxylic acid groups (broad SMARTS) is 1. The molecule has 0 saturated carbocycles. The van der Waals surface area contributed by atoms with E-state index >= 15 is 0 Å². The van der Waals surface area contributed by atoms with Crippen LogP contribution in [-0.4, -0.2) is 28.5 Å². The maximum atomic E-state index is 10.8. The van der Waals surface area contributed by atoms with Crippen molar-refractivity contribution in [2.75, 3.05) is 13.1 Å². The molecule has 1 aromatic rings. The van der Waals surface area contributed by atoms with E-state index in [9.17, 15) is 4.79 Å². The van der Waals surface area contributed by atoms with Gasteiger partial charge in [-0.25, -0.2) is 9.10 Å². The smallest absolute Gasteiger partial charge is 0.335 e. The number of aromatic carboxylic acids is 1. The van der Waals surface area contributed by atoms with Crippen LogP contribution in [0.25, 0.3) is 0 Å². The molecule has 82 valence electrons. The average Bonchev–Trinajstić information content (AvgIpc) is 2.23. The van der Waals surface area contributed by atoms with E-state index in [0.29, 0.717) is 5.56 Å². The average molecular weight is 234 g/mol. The highest BCUT2D eigenvalue weighted by molar-refractivity contribution is 7.97. The third-order valence-electron chi connectivity index (χ3n) is 2.35. The molecule has 0 aliphatic carbocycles. The van der Waals surface area contributed by atoms with Gasteiger partial charge in [0.2, 0.25) is 0 Å². The van der Waals surface area contributed by atoms with Gasteiger partial charge in [0.15, 0.2) is 0 Å². The van der Waals surface area contributed by atoms with Crippen LogP contribution in [0.3, 0.4) is 0 Å². The first-order valence-corrected chi connectivity index (χ1v) is 5.62. The molecule has 1 aliphatic heterocycles. The van der Waals surface area contributed by atoms with Gasteiger partial charge >= 0.3 is 5.97 Å². The molecule has 1 aliphatic rings. The molecule has 1 aromatic carbocycles. The lowest BCUT2D eigenvalue weighted by Gasteiger charge is -2.33. The summed E-state index contributed by atoms with van der Waals surface area (Å²) in [6.45, 7) is 1.50. The Morgan fingerprint density at radius 2 is 2.31 bits per heavy atom. The van der Waals surface area contributed by atoms with Crippen LogP contribution in [0.1, 0.15) is 10.4 Å². The summed E-state index contributed by atoms with van der Waals surface area (Å²) in [5.74, 6) is -0.795. The molecule has 0 bridgehead atoms. The van der Waals surface area contributed by atoms with Gasteiger partial charge in [0, 0.05) is 18.0 Å². The number of rotatable bonds is 3. The monoisotopic (exact) mass is 234 g/mol. The maximum Gasteiger partial charge on any atom is 0.335 e. The van der Waals surface area contributed by atoms with E-state index in [0.717, 1.165) is 18.0 Å². The van der Waals surface area contributed by atoms with Gasteiger partial charge in [-0.15, -0.1) is 0 Å². The second-order valence-corrected chi connectivity index (χ2v) is 4.77. The molecule has 1 fully saturated rings. The van der Waals surface area contributed by atoms with Crippen molar-refractivity contribution >= 4 is 17.9 Å². The Bertz CT molecular complexity index is 450. The predicted octanol–water partition coefficient (Wildman–Crippen LogP) is 1.85. The zero-order valence-electron chi connectivity index (χ0n) is 8.46. The summed E-state index contributed by atoms with van der Waals surface area (Å²) in [5.41, 5.74) is 0.294. The van der Waals surface area contributed by atoms with Gasteiger partial charge in [-0.2, -0.15) is 5.26 Å². The van der Waals surface area contributed by atoms with Crippen molar-refractivity contribution in [1.82, 2.24) is 4.31 Å². The number of benzene rings is 1. The summed E-state index contributed by atoms with van der Waals surface area (Å²) in [5, 5.41) is 17.5. The fraction of sp³-hybridized carbons (Fsp3) is 0.273. The molecule has 1 N–H and O–H groups in total. The number of hydrogen-bond donors (Lipinski definition) is 1. The van der Waals surface area contributed by atoms with Crippen LogP contribution in [0.2, 0.25) is 0 Å². The lowest BCUT2D eigenvalue weighted by atomic mass is 10.1. The Hall–Kier alpha value is -1.51. The maximum absolute atomic E-state index is 10.8. The summed E-state index contributed by atoms with van der Waals surface area (Å²) in [6.07, 6.45) is 0. The van der Waals surface area contributed by atoms with Crippen molar-refractivity contribution < 1.29 is 9.90 Å². The van der Waals surface area contributed by atoms with Crippen LogP contribution >= 0.6 is 11.9 Å². The largest absolute Gasteiger partial charge is 0.478 e. The molecule has 0 radical (unpaired) electrons. The highest BCUT2D eigenvalue weighted by Gasteiger charge is 2.27. The van der Waals surface area contributed by atoms with E-state index in [4.69, 9.17) is 10.4 Å². The second-order valence-electron chi connectivity index (χ2n) is 3.60. The van der Waals surface area contributed by atoms with Gasteiger partial charge in [0.05, 0.1) is 17.6 Å². The van der Waals surface area contributed by atoms with Gasteiger partial charge < -0.3 is 5.11 Å². The number of carbonyl (C=O) groups is 1. The summed E-state index contributed by atoms with van der Waals surface area (Å²) >= 11 is 1.50. The first-order valence-electron chi connectivity index (χ1n) is 4.85. The van der Waals surface area contributed by atoms with E-state index in [2.05, 4.69) is 10.4 Å². The van der Waals surface area contributed by atoms with Crippen LogP contribution in [0, 0.1) is 17.2 Å². The van der Waals surface area contributed by atoms with Gasteiger partial charge in [-0.3, -0.25) is 0 Å².